The van der Waals surface area contributed by atoms with E-state index in [4.69, 9.17) is 15.2 Å². The number of ether oxygens (including phenoxy) is 2. The number of fused-ring (bicyclic) bond motifs is 3. The summed E-state index contributed by atoms with van der Waals surface area (Å²) in [6, 6.07) is 8.14. The van der Waals surface area contributed by atoms with Crippen LogP contribution < -0.4 is 11.1 Å². The van der Waals surface area contributed by atoms with Gasteiger partial charge in [-0.1, -0.05) is 12.1 Å². The van der Waals surface area contributed by atoms with E-state index in [0.717, 1.165) is 53.4 Å². The van der Waals surface area contributed by atoms with Crippen LogP contribution in [0.4, 0.5) is 10.6 Å². The number of aromatic nitrogens is 5. The average Bonchev–Trinajstić information content (AvgIpc) is 3.46. The van der Waals surface area contributed by atoms with Gasteiger partial charge in [-0.05, 0) is 52.2 Å². The molecule has 4 heterocycles. The van der Waals surface area contributed by atoms with Gasteiger partial charge in [0.2, 0.25) is 0 Å². The molecule has 1 saturated heterocycles. The van der Waals surface area contributed by atoms with Crippen molar-refractivity contribution in [2.45, 2.75) is 58.4 Å². The molecule has 5 rings (SSSR count). The van der Waals surface area contributed by atoms with Gasteiger partial charge in [0, 0.05) is 41.9 Å². The molecule has 4 aromatic rings. The number of carbonyl (C=O) groups is 1. The summed E-state index contributed by atoms with van der Waals surface area (Å²) in [5.74, 6) is 0.368. The quantitative estimate of drug-likeness (QED) is 0.440. The zero-order valence-corrected chi connectivity index (χ0v) is 20.3. The summed E-state index contributed by atoms with van der Waals surface area (Å²) < 4.78 is 14.9. The molecule has 0 aliphatic carbocycles. The van der Waals surface area contributed by atoms with E-state index in [1.54, 1.807) is 10.9 Å². The lowest BCUT2D eigenvalue weighted by Crippen LogP contribution is -2.34. The third kappa shape index (κ3) is 4.93. The van der Waals surface area contributed by atoms with Crippen LogP contribution in [-0.4, -0.2) is 49.4 Å². The Labute approximate surface area is 203 Å². The lowest BCUT2D eigenvalue weighted by molar-refractivity contribution is -0.0383. The Hall–Kier alpha value is -3.66. The van der Waals surface area contributed by atoms with Crippen molar-refractivity contribution in [1.82, 2.24) is 29.9 Å². The number of benzene rings is 1. The molecule has 0 spiro atoms. The maximum Gasteiger partial charge on any atom is 0.407 e. The highest BCUT2D eigenvalue weighted by atomic mass is 16.6. The van der Waals surface area contributed by atoms with Gasteiger partial charge >= 0.3 is 6.09 Å². The molecule has 3 N–H and O–H groups in total. The predicted octanol–water partition coefficient (Wildman–Crippen LogP) is 4.25. The Morgan fingerprint density at radius 1 is 1.26 bits per heavy atom. The molecule has 184 valence electrons. The number of nitrogens with zero attached hydrogens (tertiary/aromatic N) is 5. The Balaban J connectivity index is 1.39. The van der Waals surface area contributed by atoms with Crippen molar-refractivity contribution in [3.05, 3.63) is 36.7 Å². The first-order chi connectivity index (χ1) is 16.8. The van der Waals surface area contributed by atoms with Crippen molar-refractivity contribution < 1.29 is 14.3 Å². The number of pyridine rings is 1. The second kappa shape index (κ2) is 9.18. The van der Waals surface area contributed by atoms with Crippen molar-refractivity contribution in [3.63, 3.8) is 0 Å². The second-order valence-electron chi connectivity index (χ2n) is 9.79. The van der Waals surface area contributed by atoms with Crippen LogP contribution in [-0.2, 0) is 16.0 Å². The number of hydrogen-bond acceptors (Lipinski definition) is 7. The molecule has 10 nitrogen and oxygen atoms in total. The summed E-state index contributed by atoms with van der Waals surface area (Å²) >= 11 is 0. The van der Waals surface area contributed by atoms with Crippen LogP contribution in [0.2, 0.25) is 0 Å². The van der Waals surface area contributed by atoms with E-state index in [2.05, 4.69) is 26.6 Å². The van der Waals surface area contributed by atoms with Crippen LogP contribution in [0.1, 0.15) is 46.3 Å². The van der Waals surface area contributed by atoms with E-state index in [1.807, 2.05) is 49.8 Å². The second-order valence-corrected chi connectivity index (χ2v) is 9.79. The van der Waals surface area contributed by atoms with Crippen LogP contribution in [0.15, 0.2) is 36.7 Å². The number of hydrogen-bond donors (Lipinski definition) is 2. The molecular formula is C25H31N7O3. The largest absolute Gasteiger partial charge is 0.444 e. The van der Waals surface area contributed by atoms with Crippen LogP contribution >= 0.6 is 0 Å². The van der Waals surface area contributed by atoms with Gasteiger partial charge in [-0.15, -0.1) is 0 Å². The van der Waals surface area contributed by atoms with Crippen LogP contribution in [0.25, 0.3) is 33.1 Å². The van der Waals surface area contributed by atoms with Crippen LogP contribution in [0.5, 0.6) is 0 Å². The lowest BCUT2D eigenvalue weighted by Gasteiger charge is -2.24. The van der Waals surface area contributed by atoms with E-state index in [-0.39, 0.29) is 6.23 Å². The van der Waals surface area contributed by atoms with Gasteiger partial charge in [-0.25, -0.2) is 14.5 Å². The van der Waals surface area contributed by atoms with Crippen molar-refractivity contribution in [3.8, 4) is 11.3 Å². The number of alkyl carbamates (subject to hydrolysis) is 1. The number of nitrogen functional groups attached to an aromatic ring is 1. The smallest absolute Gasteiger partial charge is 0.407 e. The van der Waals surface area contributed by atoms with E-state index in [9.17, 15) is 4.79 Å². The minimum Gasteiger partial charge on any atom is -0.444 e. The molecule has 1 amide bonds. The van der Waals surface area contributed by atoms with Crippen LogP contribution in [0, 0.1) is 0 Å². The van der Waals surface area contributed by atoms with Gasteiger partial charge in [-0.2, -0.15) is 10.2 Å². The summed E-state index contributed by atoms with van der Waals surface area (Å²) in [6.07, 6.45) is 6.42. The molecule has 1 aromatic carbocycles. The van der Waals surface area contributed by atoms with Crippen molar-refractivity contribution in [2.75, 3.05) is 18.9 Å². The molecule has 3 aromatic heterocycles. The number of nitrogens with two attached hydrogens (primary N) is 1. The minimum absolute atomic E-state index is 0.0440. The molecule has 35 heavy (non-hydrogen) atoms. The van der Waals surface area contributed by atoms with E-state index < -0.39 is 11.7 Å². The van der Waals surface area contributed by atoms with Crippen molar-refractivity contribution >= 4 is 33.7 Å². The first-order valence-electron chi connectivity index (χ1n) is 12.0. The summed E-state index contributed by atoms with van der Waals surface area (Å²) in [6.45, 7) is 7.11. The summed E-state index contributed by atoms with van der Waals surface area (Å²) in [5.41, 5.74) is 9.17. The minimum atomic E-state index is -0.538. The zero-order valence-electron chi connectivity index (χ0n) is 20.3. The highest BCUT2D eigenvalue weighted by Gasteiger charge is 2.20. The SMILES string of the molecule is CC(C)(C)OC(=O)NCCn1cc2c(n1)c(N)nc1cc(-c3ccnn3C3CCCCO3)ccc12. The number of anilines is 1. The number of nitrogens with one attached hydrogen (secondary N) is 1. The zero-order chi connectivity index (χ0) is 24.6. The molecule has 0 saturated carbocycles. The van der Waals surface area contributed by atoms with Gasteiger partial charge in [0.1, 0.15) is 11.1 Å². The fourth-order valence-electron chi connectivity index (χ4n) is 4.39. The molecule has 1 unspecified atom stereocenters. The molecule has 1 atom stereocenters. The number of carbonyl (C=O) groups excluding carboxylic acids is 1. The molecular weight excluding hydrogens is 446 g/mol. The van der Waals surface area contributed by atoms with Crippen LogP contribution in [0.3, 0.4) is 0 Å². The molecule has 0 radical (unpaired) electrons. The first kappa shape index (κ1) is 23.1. The Kier molecular flexibility index (Phi) is 6.06. The van der Waals surface area contributed by atoms with Gasteiger partial charge in [0.25, 0.3) is 0 Å². The lowest BCUT2D eigenvalue weighted by atomic mass is 10.1. The number of amides is 1. The first-order valence-corrected chi connectivity index (χ1v) is 12.0. The fourth-order valence-corrected chi connectivity index (χ4v) is 4.39. The topological polar surface area (TPSA) is 122 Å². The molecule has 1 aliphatic rings. The molecule has 10 heteroatoms. The van der Waals surface area contributed by atoms with E-state index >= 15 is 0 Å². The maximum atomic E-state index is 11.9. The Morgan fingerprint density at radius 2 is 2.11 bits per heavy atom. The van der Waals surface area contributed by atoms with Crippen molar-refractivity contribution in [1.29, 1.82) is 0 Å². The van der Waals surface area contributed by atoms with E-state index in [0.29, 0.717) is 24.4 Å². The molecule has 0 bridgehead atoms. The molecule has 1 fully saturated rings. The van der Waals surface area contributed by atoms with Gasteiger partial charge in [-0.3, -0.25) is 4.68 Å². The van der Waals surface area contributed by atoms with Gasteiger partial charge < -0.3 is 20.5 Å². The molecule has 1 aliphatic heterocycles. The van der Waals surface area contributed by atoms with Crippen molar-refractivity contribution in [2.24, 2.45) is 0 Å². The third-order valence-electron chi connectivity index (χ3n) is 5.94. The van der Waals surface area contributed by atoms with Gasteiger partial charge in [0.05, 0.1) is 17.8 Å². The highest BCUT2D eigenvalue weighted by molar-refractivity contribution is 6.08. The van der Waals surface area contributed by atoms with E-state index in [1.165, 1.54) is 0 Å². The summed E-state index contributed by atoms with van der Waals surface area (Å²) in [7, 11) is 0. The normalized spacial score (nSPS) is 16.6. The standard InChI is InChI=1S/C25H31N7O3/c1-25(2,3)35-24(33)27-11-12-31-15-18-17-8-7-16(14-19(17)29-23(26)22(18)30-31)20-9-10-28-32(20)21-6-4-5-13-34-21/h7-10,14-15,21H,4-6,11-13H2,1-3H3,(H2,26,29)(H,27,33). The Morgan fingerprint density at radius 3 is 2.89 bits per heavy atom. The fraction of sp³-hybridized carbons (Fsp3) is 0.440. The third-order valence-corrected chi connectivity index (χ3v) is 5.94. The predicted molar refractivity (Wildman–Crippen MR) is 134 cm³/mol. The highest BCUT2D eigenvalue weighted by Crippen LogP contribution is 2.32. The summed E-state index contributed by atoms with van der Waals surface area (Å²) in [5, 5.41) is 13.7. The summed E-state index contributed by atoms with van der Waals surface area (Å²) in [4.78, 5) is 16.5. The number of rotatable bonds is 5. The maximum absolute atomic E-state index is 11.9. The Bertz CT molecular complexity index is 1360. The monoisotopic (exact) mass is 477 g/mol. The van der Waals surface area contributed by atoms with Gasteiger partial charge in [0.15, 0.2) is 12.0 Å². The average molecular weight is 478 g/mol.